The second-order valence-electron chi connectivity index (χ2n) is 10.4. The second-order valence-corrected chi connectivity index (χ2v) is 10.9. The normalized spacial score (nSPS) is 16.4. The molecule has 1 N–H and O–H groups in total. The molecule has 8 nitrogen and oxygen atoms in total. The van der Waals surface area contributed by atoms with Crippen molar-refractivity contribution in [2.75, 3.05) is 13.1 Å². The van der Waals surface area contributed by atoms with E-state index in [-0.39, 0.29) is 28.3 Å². The lowest BCUT2D eigenvalue weighted by molar-refractivity contribution is 0.0704. The summed E-state index contributed by atoms with van der Waals surface area (Å²) in [5, 5.41) is 8.82. The van der Waals surface area contributed by atoms with Gasteiger partial charge in [0.25, 0.3) is 11.5 Å². The van der Waals surface area contributed by atoms with Crippen molar-refractivity contribution in [1.29, 1.82) is 0 Å². The first-order chi connectivity index (χ1) is 17.2. The van der Waals surface area contributed by atoms with Gasteiger partial charge < -0.3 is 9.88 Å². The Bertz CT molecular complexity index is 1470. The number of nitrogens with one attached hydrogen (secondary N) is 1. The Labute approximate surface area is 214 Å². The minimum absolute atomic E-state index is 0.00347. The first-order valence-electron chi connectivity index (χ1n) is 12.2. The van der Waals surface area contributed by atoms with Gasteiger partial charge >= 0.3 is 0 Å². The van der Waals surface area contributed by atoms with Gasteiger partial charge in [-0.3, -0.25) is 9.59 Å². The molecule has 1 aliphatic rings. The van der Waals surface area contributed by atoms with Gasteiger partial charge in [-0.2, -0.15) is 0 Å². The van der Waals surface area contributed by atoms with Gasteiger partial charge in [0, 0.05) is 29.6 Å². The highest BCUT2D eigenvalue weighted by Gasteiger charge is 2.28. The van der Waals surface area contributed by atoms with Crippen molar-refractivity contribution >= 4 is 28.7 Å². The number of hydrogen-bond donors (Lipinski definition) is 1. The number of nitrogens with zero attached hydrogens (tertiary/aromatic N) is 5. The first kappa shape index (κ1) is 24.2. The summed E-state index contributed by atoms with van der Waals surface area (Å²) in [7, 11) is 0. The highest BCUT2D eigenvalue weighted by Crippen LogP contribution is 2.27. The molecule has 3 heterocycles. The fourth-order valence-electron chi connectivity index (χ4n) is 4.67. The van der Waals surface area contributed by atoms with Gasteiger partial charge in [-0.25, -0.2) is 9.67 Å². The third-order valence-electron chi connectivity index (χ3n) is 6.71. The highest BCUT2D eigenvalue weighted by molar-refractivity contribution is 6.30. The van der Waals surface area contributed by atoms with E-state index < -0.39 is 0 Å². The van der Waals surface area contributed by atoms with E-state index in [1.807, 2.05) is 47.4 Å². The van der Waals surface area contributed by atoms with Crippen LogP contribution in [-0.4, -0.2) is 48.9 Å². The van der Waals surface area contributed by atoms with Crippen molar-refractivity contribution in [3.8, 4) is 0 Å². The summed E-state index contributed by atoms with van der Waals surface area (Å²) in [4.78, 5) is 35.6. The van der Waals surface area contributed by atoms with Crippen LogP contribution in [0.2, 0.25) is 5.02 Å². The van der Waals surface area contributed by atoms with Crippen LogP contribution >= 0.6 is 11.6 Å². The van der Waals surface area contributed by atoms with Crippen molar-refractivity contribution in [2.45, 2.75) is 51.5 Å². The van der Waals surface area contributed by atoms with Crippen LogP contribution < -0.4 is 5.56 Å². The molecule has 0 unspecified atom stereocenters. The van der Waals surface area contributed by atoms with E-state index in [1.165, 1.54) is 5.56 Å². The van der Waals surface area contributed by atoms with Gasteiger partial charge in [0.1, 0.15) is 5.82 Å². The van der Waals surface area contributed by atoms with Gasteiger partial charge in [0.15, 0.2) is 11.2 Å². The average molecular weight is 505 g/mol. The number of aromatic nitrogens is 5. The number of carbonyl (C=O) groups excluding carboxylic acids is 1. The Morgan fingerprint density at radius 2 is 1.94 bits per heavy atom. The van der Waals surface area contributed by atoms with Gasteiger partial charge in [0.05, 0.1) is 6.54 Å². The molecule has 1 saturated heterocycles. The van der Waals surface area contributed by atoms with Crippen LogP contribution in [0.25, 0.3) is 11.2 Å². The molecule has 4 aromatic rings. The molecule has 2 aromatic heterocycles. The van der Waals surface area contributed by atoms with E-state index >= 15 is 0 Å². The third-order valence-corrected chi connectivity index (χ3v) is 6.94. The molecule has 0 aliphatic carbocycles. The van der Waals surface area contributed by atoms with Crippen LogP contribution in [0.4, 0.5) is 0 Å². The van der Waals surface area contributed by atoms with E-state index in [2.05, 4.69) is 36.1 Å². The van der Waals surface area contributed by atoms with E-state index in [0.29, 0.717) is 41.7 Å². The van der Waals surface area contributed by atoms with Crippen molar-refractivity contribution in [3.63, 3.8) is 0 Å². The van der Waals surface area contributed by atoms with Crippen molar-refractivity contribution < 1.29 is 4.79 Å². The van der Waals surface area contributed by atoms with Crippen LogP contribution in [-0.2, 0) is 12.0 Å². The molecule has 0 radical (unpaired) electrons. The SMILES string of the molecule is CC(C)(C)c1ccc(C(=O)N2CCC[C@@H](c3nc4c(nnn4Cc4cccc(Cl)c4)c(=O)[nH]3)C2)cc1. The summed E-state index contributed by atoms with van der Waals surface area (Å²) < 4.78 is 1.61. The number of likely N-dealkylation sites (tertiary alicyclic amines) is 1. The van der Waals surface area contributed by atoms with Crippen molar-refractivity contribution in [3.05, 3.63) is 86.4 Å². The van der Waals surface area contributed by atoms with Crippen LogP contribution in [0.3, 0.4) is 0 Å². The Morgan fingerprint density at radius 1 is 1.17 bits per heavy atom. The van der Waals surface area contributed by atoms with Crippen LogP contribution in [0.5, 0.6) is 0 Å². The number of benzene rings is 2. The minimum atomic E-state index is -0.325. The maximum atomic E-state index is 13.3. The smallest absolute Gasteiger partial charge is 0.281 e. The van der Waals surface area contributed by atoms with E-state index in [0.717, 1.165) is 18.4 Å². The molecule has 5 rings (SSSR count). The lowest BCUT2D eigenvalue weighted by Gasteiger charge is -2.32. The first-order valence-corrected chi connectivity index (χ1v) is 12.5. The second kappa shape index (κ2) is 9.50. The molecular formula is C27H29ClN6O2. The highest BCUT2D eigenvalue weighted by atomic mass is 35.5. The van der Waals surface area contributed by atoms with Crippen molar-refractivity contribution in [1.82, 2.24) is 29.9 Å². The number of carbonyl (C=O) groups is 1. The average Bonchev–Trinajstić information content (AvgIpc) is 3.26. The fourth-order valence-corrected chi connectivity index (χ4v) is 4.88. The molecule has 2 aromatic carbocycles. The number of H-pyrrole nitrogens is 1. The number of aromatic amines is 1. The summed E-state index contributed by atoms with van der Waals surface area (Å²) in [6.45, 7) is 8.02. The quantitative estimate of drug-likeness (QED) is 0.440. The van der Waals surface area contributed by atoms with Crippen molar-refractivity contribution in [2.24, 2.45) is 0 Å². The zero-order valence-electron chi connectivity index (χ0n) is 20.7. The molecule has 9 heteroatoms. The Balaban J connectivity index is 1.38. The molecule has 36 heavy (non-hydrogen) atoms. The molecular weight excluding hydrogens is 476 g/mol. The number of piperidine rings is 1. The molecule has 0 bridgehead atoms. The number of hydrogen-bond acceptors (Lipinski definition) is 5. The summed E-state index contributed by atoms with van der Waals surface area (Å²) in [6.07, 6.45) is 1.66. The van der Waals surface area contributed by atoms with Crippen LogP contribution in [0, 0.1) is 0 Å². The number of halogens is 1. The monoisotopic (exact) mass is 504 g/mol. The largest absolute Gasteiger partial charge is 0.338 e. The summed E-state index contributed by atoms with van der Waals surface area (Å²) in [5.41, 5.74) is 3.12. The zero-order valence-corrected chi connectivity index (χ0v) is 21.4. The number of rotatable bonds is 4. The Kier molecular flexibility index (Phi) is 6.38. The molecule has 1 aliphatic heterocycles. The molecule has 1 atom stereocenters. The number of fused-ring (bicyclic) bond motifs is 1. The Hall–Kier alpha value is -3.52. The van der Waals surface area contributed by atoms with Gasteiger partial charge in [-0.05, 0) is 53.6 Å². The van der Waals surface area contributed by atoms with Crippen LogP contribution in [0.15, 0.2) is 53.3 Å². The lowest BCUT2D eigenvalue weighted by atomic mass is 9.86. The predicted molar refractivity (Wildman–Crippen MR) is 140 cm³/mol. The zero-order chi connectivity index (χ0) is 25.4. The topological polar surface area (TPSA) is 96.8 Å². The third kappa shape index (κ3) is 4.91. The molecule has 1 amide bonds. The van der Waals surface area contributed by atoms with E-state index in [9.17, 15) is 9.59 Å². The minimum Gasteiger partial charge on any atom is -0.338 e. The summed E-state index contributed by atoms with van der Waals surface area (Å²) in [5.74, 6) is 0.474. The maximum absolute atomic E-state index is 13.3. The van der Waals surface area contributed by atoms with Gasteiger partial charge in [0.2, 0.25) is 0 Å². The van der Waals surface area contributed by atoms with E-state index in [4.69, 9.17) is 16.6 Å². The van der Waals surface area contributed by atoms with E-state index in [1.54, 1.807) is 10.7 Å². The molecule has 0 spiro atoms. The standard InChI is InChI=1S/C27H29ClN6O2/c1-27(2,3)20-11-9-18(10-12-20)26(36)33-13-5-7-19(16-33)23-29-24-22(25(35)30-23)31-32-34(24)15-17-6-4-8-21(28)14-17/h4,6,8-12,14,19H,5,7,13,15-16H2,1-3H3,(H,29,30,35)/t19-/m1/s1. The number of amides is 1. The van der Waals surface area contributed by atoms with Gasteiger partial charge in [-0.1, -0.05) is 61.9 Å². The molecule has 0 saturated carbocycles. The fraction of sp³-hybridized carbons (Fsp3) is 0.370. The predicted octanol–water partition coefficient (Wildman–Crippen LogP) is 4.53. The summed E-state index contributed by atoms with van der Waals surface area (Å²) in [6, 6.07) is 15.3. The van der Waals surface area contributed by atoms with Gasteiger partial charge in [-0.15, -0.1) is 5.10 Å². The maximum Gasteiger partial charge on any atom is 0.281 e. The van der Waals surface area contributed by atoms with Crippen LogP contribution in [0.1, 0.15) is 66.8 Å². The summed E-state index contributed by atoms with van der Waals surface area (Å²) >= 11 is 6.12. The lowest BCUT2D eigenvalue weighted by Crippen LogP contribution is -2.40. The Morgan fingerprint density at radius 3 is 2.67 bits per heavy atom. The molecule has 1 fully saturated rings. The molecule has 186 valence electrons.